The van der Waals surface area contributed by atoms with Gasteiger partial charge < -0.3 is 0 Å². The fourth-order valence-electron chi connectivity index (χ4n) is 1.75. The van der Waals surface area contributed by atoms with Gasteiger partial charge in [-0.05, 0) is 24.3 Å². The highest BCUT2D eigenvalue weighted by Crippen LogP contribution is 2.13. The van der Waals surface area contributed by atoms with Crippen LogP contribution in [0.25, 0.3) is 0 Å². The van der Waals surface area contributed by atoms with Crippen LogP contribution in [-0.2, 0) is 9.84 Å². The third kappa shape index (κ3) is 3.14. The molecule has 0 saturated heterocycles. The Hall–Kier alpha value is -2.38. The predicted molar refractivity (Wildman–Crippen MR) is 77.2 cm³/mol. The molecule has 0 amide bonds. The van der Waals surface area contributed by atoms with E-state index in [4.69, 9.17) is 6.42 Å². The fourth-order valence-corrected chi connectivity index (χ4v) is 3.00. The SMILES string of the molecule is C#Cc1cccc(C(=O)CS(=O)(=O)c2ccccc2)c1. The molecule has 0 unspecified atom stereocenters. The molecule has 0 heterocycles. The largest absolute Gasteiger partial charge is 0.293 e. The van der Waals surface area contributed by atoms with Crippen molar-refractivity contribution in [1.82, 2.24) is 0 Å². The summed E-state index contributed by atoms with van der Waals surface area (Å²) in [6, 6.07) is 14.3. The molecule has 2 aromatic carbocycles. The van der Waals surface area contributed by atoms with Crippen molar-refractivity contribution in [2.24, 2.45) is 0 Å². The summed E-state index contributed by atoms with van der Waals surface area (Å²) in [6.07, 6.45) is 5.26. The maximum atomic E-state index is 12.1. The van der Waals surface area contributed by atoms with Gasteiger partial charge in [0, 0.05) is 11.1 Å². The van der Waals surface area contributed by atoms with Gasteiger partial charge in [-0.25, -0.2) is 8.42 Å². The van der Waals surface area contributed by atoms with Crippen LogP contribution in [0.4, 0.5) is 0 Å². The molecule has 2 rings (SSSR count). The fraction of sp³-hybridized carbons (Fsp3) is 0.0625. The molecule has 0 spiro atoms. The summed E-state index contributed by atoms with van der Waals surface area (Å²) in [7, 11) is -3.63. The first-order valence-electron chi connectivity index (χ1n) is 5.90. The number of hydrogen-bond acceptors (Lipinski definition) is 3. The van der Waals surface area contributed by atoms with Gasteiger partial charge in [0.05, 0.1) is 4.90 Å². The van der Waals surface area contributed by atoms with E-state index in [1.54, 1.807) is 36.4 Å². The maximum Gasteiger partial charge on any atom is 0.185 e. The van der Waals surface area contributed by atoms with E-state index in [-0.39, 0.29) is 4.90 Å². The Morgan fingerprint density at radius 1 is 1.05 bits per heavy atom. The summed E-state index contributed by atoms with van der Waals surface area (Å²) >= 11 is 0. The normalized spacial score (nSPS) is 10.8. The molecule has 0 fully saturated rings. The predicted octanol–water partition coefficient (Wildman–Crippen LogP) is 2.32. The van der Waals surface area contributed by atoms with Gasteiger partial charge in [0.25, 0.3) is 0 Å². The number of rotatable bonds is 4. The Balaban J connectivity index is 2.26. The monoisotopic (exact) mass is 284 g/mol. The van der Waals surface area contributed by atoms with E-state index < -0.39 is 21.4 Å². The highest BCUT2D eigenvalue weighted by Gasteiger charge is 2.20. The van der Waals surface area contributed by atoms with Crippen LogP contribution >= 0.6 is 0 Å². The topological polar surface area (TPSA) is 51.2 Å². The van der Waals surface area contributed by atoms with Crippen LogP contribution < -0.4 is 0 Å². The van der Waals surface area contributed by atoms with Crippen LogP contribution in [0.15, 0.2) is 59.5 Å². The minimum atomic E-state index is -3.63. The number of benzene rings is 2. The molecule has 0 bridgehead atoms. The molecule has 3 nitrogen and oxygen atoms in total. The van der Waals surface area contributed by atoms with E-state index >= 15 is 0 Å². The van der Waals surface area contributed by atoms with E-state index in [0.29, 0.717) is 11.1 Å². The van der Waals surface area contributed by atoms with Crippen molar-refractivity contribution in [3.63, 3.8) is 0 Å². The van der Waals surface area contributed by atoms with E-state index in [9.17, 15) is 13.2 Å². The number of carbonyl (C=O) groups excluding carboxylic acids is 1. The quantitative estimate of drug-likeness (QED) is 0.639. The minimum Gasteiger partial charge on any atom is -0.293 e. The van der Waals surface area contributed by atoms with Crippen LogP contribution in [0.1, 0.15) is 15.9 Å². The van der Waals surface area contributed by atoms with Crippen molar-refractivity contribution in [1.29, 1.82) is 0 Å². The standard InChI is InChI=1S/C16H12O3S/c1-2-13-7-6-8-14(11-13)16(17)12-20(18,19)15-9-4-3-5-10-15/h1,3-11H,12H2. The molecule has 4 heteroatoms. The van der Waals surface area contributed by atoms with Crippen LogP contribution in [0.2, 0.25) is 0 Å². The number of sulfone groups is 1. The number of ketones is 1. The Labute approximate surface area is 118 Å². The maximum absolute atomic E-state index is 12.1. The lowest BCUT2D eigenvalue weighted by Crippen LogP contribution is -2.16. The van der Waals surface area contributed by atoms with Crippen molar-refractivity contribution in [2.45, 2.75) is 4.90 Å². The zero-order chi connectivity index (χ0) is 14.6. The summed E-state index contributed by atoms with van der Waals surface area (Å²) < 4.78 is 24.2. The number of carbonyl (C=O) groups is 1. The van der Waals surface area contributed by atoms with Crippen molar-refractivity contribution < 1.29 is 13.2 Å². The first kappa shape index (κ1) is 14.0. The lowest BCUT2D eigenvalue weighted by Gasteiger charge is -2.04. The Morgan fingerprint density at radius 2 is 1.75 bits per heavy atom. The lowest BCUT2D eigenvalue weighted by molar-refractivity contribution is 0.102. The Bertz CT molecular complexity index is 769. The van der Waals surface area contributed by atoms with Gasteiger partial charge in [-0.2, -0.15) is 0 Å². The van der Waals surface area contributed by atoms with Gasteiger partial charge >= 0.3 is 0 Å². The van der Waals surface area contributed by atoms with E-state index in [2.05, 4.69) is 5.92 Å². The molecule has 2 aromatic rings. The van der Waals surface area contributed by atoms with Gasteiger partial charge in [0.15, 0.2) is 15.6 Å². The summed E-state index contributed by atoms with van der Waals surface area (Å²) in [5.74, 6) is 1.38. The molecule has 100 valence electrons. The van der Waals surface area contributed by atoms with Crippen molar-refractivity contribution in [3.8, 4) is 12.3 Å². The van der Waals surface area contributed by atoms with Crippen LogP contribution in [-0.4, -0.2) is 20.0 Å². The van der Waals surface area contributed by atoms with Crippen molar-refractivity contribution >= 4 is 15.6 Å². The van der Waals surface area contributed by atoms with E-state index in [1.165, 1.54) is 18.2 Å². The molecule has 0 aliphatic carbocycles. The van der Waals surface area contributed by atoms with Gasteiger partial charge in [-0.3, -0.25) is 4.79 Å². The summed E-state index contributed by atoms with van der Waals surface area (Å²) in [6.45, 7) is 0. The molecular formula is C16H12O3S. The zero-order valence-electron chi connectivity index (χ0n) is 10.6. The van der Waals surface area contributed by atoms with Crippen molar-refractivity contribution in [3.05, 3.63) is 65.7 Å². The second kappa shape index (κ2) is 5.72. The van der Waals surface area contributed by atoms with Gasteiger partial charge in [-0.1, -0.05) is 36.3 Å². The molecule has 0 aliphatic heterocycles. The number of Topliss-reactive ketones (excluding diaryl/α,β-unsaturated/α-hetero) is 1. The molecule has 0 aromatic heterocycles. The smallest absolute Gasteiger partial charge is 0.185 e. The second-order valence-corrected chi connectivity index (χ2v) is 6.21. The number of terminal acetylenes is 1. The Kier molecular flexibility index (Phi) is 4.02. The van der Waals surface area contributed by atoms with Gasteiger partial charge in [0.2, 0.25) is 0 Å². The molecule has 0 saturated carbocycles. The third-order valence-electron chi connectivity index (χ3n) is 2.77. The Morgan fingerprint density at radius 3 is 2.40 bits per heavy atom. The first-order valence-corrected chi connectivity index (χ1v) is 7.56. The number of hydrogen-bond donors (Lipinski definition) is 0. The van der Waals surface area contributed by atoms with Gasteiger partial charge in [-0.15, -0.1) is 6.42 Å². The average Bonchev–Trinajstić information content (AvgIpc) is 2.48. The third-order valence-corrected chi connectivity index (χ3v) is 4.41. The van der Waals surface area contributed by atoms with E-state index in [0.717, 1.165) is 0 Å². The van der Waals surface area contributed by atoms with Crippen LogP contribution in [0.5, 0.6) is 0 Å². The van der Waals surface area contributed by atoms with Crippen molar-refractivity contribution in [2.75, 3.05) is 5.75 Å². The van der Waals surface area contributed by atoms with Crippen LogP contribution in [0, 0.1) is 12.3 Å². The molecular weight excluding hydrogens is 272 g/mol. The highest BCUT2D eigenvalue weighted by atomic mass is 32.2. The molecule has 0 atom stereocenters. The summed E-state index contributed by atoms with van der Waals surface area (Å²) in [5, 5.41) is 0. The van der Waals surface area contributed by atoms with Crippen LogP contribution in [0.3, 0.4) is 0 Å². The molecule has 0 aliphatic rings. The van der Waals surface area contributed by atoms with Gasteiger partial charge in [0.1, 0.15) is 5.75 Å². The summed E-state index contributed by atoms with van der Waals surface area (Å²) in [5.41, 5.74) is 0.855. The highest BCUT2D eigenvalue weighted by molar-refractivity contribution is 7.92. The lowest BCUT2D eigenvalue weighted by atomic mass is 10.1. The summed E-state index contributed by atoms with van der Waals surface area (Å²) in [4.78, 5) is 12.2. The minimum absolute atomic E-state index is 0.140. The average molecular weight is 284 g/mol. The first-order chi connectivity index (χ1) is 9.53. The molecule has 20 heavy (non-hydrogen) atoms. The molecule has 0 N–H and O–H groups in total. The van der Waals surface area contributed by atoms with E-state index in [1.807, 2.05) is 0 Å². The zero-order valence-corrected chi connectivity index (χ0v) is 11.4. The molecule has 0 radical (unpaired) electrons. The second-order valence-electron chi connectivity index (χ2n) is 4.22.